The van der Waals surface area contributed by atoms with Crippen molar-refractivity contribution in [1.29, 1.82) is 0 Å². The summed E-state index contributed by atoms with van der Waals surface area (Å²) in [6.45, 7) is 4.92. The maximum absolute atomic E-state index is 12.7. The van der Waals surface area contributed by atoms with Crippen molar-refractivity contribution in [2.75, 3.05) is 6.54 Å². The van der Waals surface area contributed by atoms with Crippen LogP contribution in [0, 0.1) is 13.8 Å². The Bertz CT molecular complexity index is 712. The van der Waals surface area contributed by atoms with Crippen molar-refractivity contribution in [3.05, 3.63) is 37.7 Å². The van der Waals surface area contributed by atoms with E-state index in [1.54, 1.807) is 33.0 Å². The molecule has 3 heterocycles. The molecule has 3 nitrogen and oxygen atoms in total. The first kappa shape index (κ1) is 13.3. The van der Waals surface area contributed by atoms with Gasteiger partial charge in [-0.15, -0.1) is 22.7 Å². The maximum Gasteiger partial charge on any atom is 0.244 e. The maximum atomic E-state index is 12.7. The predicted octanol–water partition coefficient (Wildman–Crippen LogP) is 3.17. The second-order valence-electron chi connectivity index (χ2n) is 4.74. The van der Waals surface area contributed by atoms with Gasteiger partial charge in [0.25, 0.3) is 0 Å². The number of fused-ring (bicyclic) bond motifs is 1. The summed E-state index contributed by atoms with van der Waals surface area (Å²) in [5, 5.41) is 2.04. The lowest BCUT2D eigenvalue weighted by molar-refractivity contribution is 0.394. The Labute approximate surface area is 121 Å². The van der Waals surface area contributed by atoms with Crippen molar-refractivity contribution < 1.29 is 8.42 Å². The number of aryl methyl sites for hydroxylation is 2. The molecule has 2 aromatic rings. The molecule has 0 spiro atoms. The number of thiophene rings is 2. The molecular weight excluding hydrogens is 298 g/mol. The molecule has 102 valence electrons. The van der Waals surface area contributed by atoms with Crippen LogP contribution in [0.25, 0.3) is 0 Å². The monoisotopic (exact) mass is 313 g/mol. The third-order valence-electron chi connectivity index (χ3n) is 3.39. The molecule has 2 aromatic heterocycles. The Kier molecular flexibility index (Phi) is 3.29. The lowest BCUT2D eigenvalue weighted by Crippen LogP contribution is -2.35. The summed E-state index contributed by atoms with van der Waals surface area (Å²) in [6, 6.07) is 3.83. The third-order valence-corrected chi connectivity index (χ3v) is 7.48. The molecule has 0 saturated heterocycles. The van der Waals surface area contributed by atoms with E-state index in [2.05, 4.69) is 0 Å². The Hall–Kier alpha value is -0.690. The van der Waals surface area contributed by atoms with Crippen LogP contribution in [0.2, 0.25) is 0 Å². The van der Waals surface area contributed by atoms with Gasteiger partial charge < -0.3 is 0 Å². The molecule has 1 aliphatic heterocycles. The van der Waals surface area contributed by atoms with Gasteiger partial charge in [0, 0.05) is 27.7 Å². The molecule has 0 aliphatic carbocycles. The molecule has 3 rings (SSSR count). The topological polar surface area (TPSA) is 37.4 Å². The first-order valence-corrected chi connectivity index (χ1v) is 9.24. The highest BCUT2D eigenvalue weighted by molar-refractivity contribution is 7.89. The minimum Gasteiger partial charge on any atom is -0.207 e. The van der Waals surface area contributed by atoms with Crippen LogP contribution in [0.5, 0.6) is 0 Å². The molecule has 0 radical (unpaired) electrons. The van der Waals surface area contributed by atoms with E-state index in [1.807, 2.05) is 25.3 Å². The van der Waals surface area contributed by atoms with E-state index in [0.29, 0.717) is 18.0 Å². The zero-order chi connectivity index (χ0) is 13.6. The number of hydrogen-bond acceptors (Lipinski definition) is 4. The van der Waals surface area contributed by atoms with E-state index < -0.39 is 10.0 Å². The zero-order valence-corrected chi connectivity index (χ0v) is 13.3. The summed E-state index contributed by atoms with van der Waals surface area (Å²) in [7, 11) is -3.34. The van der Waals surface area contributed by atoms with E-state index >= 15 is 0 Å². The molecule has 19 heavy (non-hydrogen) atoms. The zero-order valence-electron chi connectivity index (χ0n) is 10.8. The molecule has 0 fully saturated rings. The minimum absolute atomic E-state index is 0.480. The van der Waals surface area contributed by atoms with Crippen molar-refractivity contribution in [2.45, 2.75) is 31.7 Å². The van der Waals surface area contributed by atoms with Crippen LogP contribution in [0.15, 0.2) is 22.4 Å². The molecule has 6 heteroatoms. The van der Waals surface area contributed by atoms with Gasteiger partial charge in [-0.25, -0.2) is 8.42 Å². The van der Waals surface area contributed by atoms with Crippen molar-refractivity contribution in [3.63, 3.8) is 0 Å². The summed E-state index contributed by atoms with van der Waals surface area (Å²) in [6.07, 6.45) is 0.828. The molecule has 0 amide bonds. The molecule has 1 aliphatic rings. The fourth-order valence-electron chi connectivity index (χ4n) is 2.43. The normalized spacial score (nSPS) is 16.5. The smallest absolute Gasteiger partial charge is 0.207 e. The van der Waals surface area contributed by atoms with Crippen molar-refractivity contribution in [2.24, 2.45) is 0 Å². The van der Waals surface area contributed by atoms with Crippen LogP contribution in [-0.4, -0.2) is 19.3 Å². The van der Waals surface area contributed by atoms with Gasteiger partial charge in [0.05, 0.1) is 4.90 Å². The highest BCUT2D eigenvalue weighted by Gasteiger charge is 2.30. The van der Waals surface area contributed by atoms with Crippen LogP contribution in [0.1, 0.15) is 20.2 Å². The van der Waals surface area contributed by atoms with Gasteiger partial charge in [0.2, 0.25) is 10.0 Å². The van der Waals surface area contributed by atoms with E-state index in [9.17, 15) is 8.42 Å². The number of sulfonamides is 1. The van der Waals surface area contributed by atoms with Crippen molar-refractivity contribution >= 4 is 32.7 Å². The molecular formula is C13H15NO2S3. The molecule has 0 bridgehead atoms. The van der Waals surface area contributed by atoms with Crippen LogP contribution >= 0.6 is 22.7 Å². The quantitative estimate of drug-likeness (QED) is 0.854. The first-order chi connectivity index (χ1) is 8.98. The predicted molar refractivity (Wildman–Crippen MR) is 79.4 cm³/mol. The fourth-order valence-corrected chi connectivity index (χ4v) is 6.26. The van der Waals surface area contributed by atoms with Gasteiger partial charge >= 0.3 is 0 Å². The van der Waals surface area contributed by atoms with E-state index in [-0.39, 0.29) is 0 Å². The first-order valence-electron chi connectivity index (χ1n) is 6.11. The lowest BCUT2D eigenvalue weighted by Gasteiger charge is -2.26. The lowest BCUT2D eigenvalue weighted by atomic mass is 10.1. The van der Waals surface area contributed by atoms with Gasteiger partial charge in [-0.1, -0.05) is 0 Å². The van der Waals surface area contributed by atoms with Crippen molar-refractivity contribution in [1.82, 2.24) is 4.31 Å². The van der Waals surface area contributed by atoms with E-state index in [4.69, 9.17) is 0 Å². The van der Waals surface area contributed by atoms with E-state index in [1.165, 1.54) is 4.88 Å². The van der Waals surface area contributed by atoms with Crippen LogP contribution in [-0.2, 0) is 23.0 Å². The Balaban J connectivity index is 1.96. The number of nitrogens with zero attached hydrogens (tertiary/aromatic N) is 1. The Morgan fingerprint density at radius 1 is 1.32 bits per heavy atom. The molecule has 0 saturated carbocycles. The number of rotatable bonds is 2. The third kappa shape index (κ3) is 2.27. The van der Waals surface area contributed by atoms with E-state index in [0.717, 1.165) is 21.7 Å². The van der Waals surface area contributed by atoms with Crippen LogP contribution in [0.3, 0.4) is 0 Å². The fraction of sp³-hybridized carbons (Fsp3) is 0.385. The Morgan fingerprint density at radius 3 is 2.79 bits per heavy atom. The molecule has 0 unspecified atom stereocenters. The molecule has 0 aromatic carbocycles. The minimum atomic E-state index is -3.34. The average molecular weight is 313 g/mol. The highest BCUT2D eigenvalue weighted by Crippen LogP contribution is 2.32. The summed E-state index contributed by atoms with van der Waals surface area (Å²) < 4.78 is 27.0. The largest absolute Gasteiger partial charge is 0.244 e. The molecule has 0 N–H and O–H groups in total. The van der Waals surface area contributed by atoms with Gasteiger partial charge in [-0.3, -0.25) is 0 Å². The van der Waals surface area contributed by atoms with Crippen LogP contribution < -0.4 is 0 Å². The SMILES string of the molecule is Cc1cc(S(=O)(=O)N2CCc3sccc3C2)c(C)s1. The van der Waals surface area contributed by atoms with Crippen molar-refractivity contribution in [3.8, 4) is 0 Å². The summed E-state index contributed by atoms with van der Waals surface area (Å²) in [4.78, 5) is 3.73. The second-order valence-corrected chi connectivity index (χ2v) is 9.10. The summed E-state index contributed by atoms with van der Waals surface area (Å²) in [5.41, 5.74) is 1.16. The Morgan fingerprint density at radius 2 is 2.11 bits per heavy atom. The number of hydrogen-bond donors (Lipinski definition) is 0. The summed E-state index contributed by atoms with van der Waals surface area (Å²) >= 11 is 3.27. The van der Waals surface area contributed by atoms with Gasteiger partial charge in [0.1, 0.15) is 0 Å². The van der Waals surface area contributed by atoms with Crippen LogP contribution in [0.4, 0.5) is 0 Å². The van der Waals surface area contributed by atoms with Gasteiger partial charge in [-0.05, 0) is 43.3 Å². The highest BCUT2D eigenvalue weighted by atomic mass is 32.2. The molecule has 0 atom stereocenters. The van der Waals surface area contributed by atoms with Gasteiger partial charge in [-0.2, -0.15) is 4.31 Å². The van der Waals surface area contributed by atoms with Gasteiger partial charge in [0.15, 0.2) is 0 Å². The summed E-state index contributed by atoms with van der Waals surface area (Å²) in [5.74, 6) is 0. The average Bonchev–Trinajstić information content (AvgIpc) is 2.94. The standard InChI is InChI=1S/C13H15NO2S3/c1-9-7-13(10(2)18-9)19(15,16)14-5-3-12-11(8-14)4-6-17-12/h4,6-7H,3,5,8H2,1-2H3. The second kappa shape index (κ2) is 4.70.